The summed E-state index contributed by atoms with van der Waals surface area (Å²) >= 11 is 1.67. The molecular weight excluding hydrogens is 296 g/mol. The summed E-state index contributed by atoms with van der Waals surface area (Å²) in [5.74, 6) is -0.203. The second kappa shape index (κ2) is 6.15. The van der Waals surface area contributed by atoms with Crippen molar-refractivity contribution in [2.75, 3.05) is 6.54 Å². The lowest BCUT2D eigenvalue weighted by Crippen LogP contribution is -2.28. The molecule has 0 radical (unpaired) electrons. The van der Waals surface area contributed by atoms with E-state index in [4.69, 9.17) is 0 Å². The fraction of sp³-hybridized carbons (Fsp3) is 0.176. The molecule has 1 amide bonds. The maximum atomic E-state index is 12.4. The third kappa shape index (κ3) is 2.80. The van der Waals surface area contributed by atoms with Crippen LogP contribution in [-0.4, -0.2) is 17.0 Å². The minimum Gasteiger partial charge on any atom is -0.352 e. The zero-order valence-corrected chi connectivity index (χ0v) is 13.0. The van der Waals surface area contributed by atoms with E-state index in [0.29, 0.717) is 12.1 Å². The molecule has 0 saturated heterocycles. The van der Waals surface area contributed by atoms with Crippen molar-refractivity contribution in [3.63, 3.8) is 0 Å². The highest BCUT2D eigenvalue weighted by atomic mass is 32.1. The van der Waals surface area contributed by atoms with Gasteiger partial charge in [0.05, 0.1) is 11.1 Å². The summed E-state index contributed by atoms with van der Waals surface area (Å²) in [5.41, 5.74) is 1.02. The number of nitrogens with one attached hydrogen (secondary N) is 1. The lowest BCUT2D eigenvalue weighted by Gasteiger charge is -2.10. The van der Waals surface area contributed by atoms with E-state index in [1.165, 1.54) is 10.9 Å². The molecule has 4 nitrogen and oxygen atoms in total. The molecule has 1 N–H and O–H groups in total. The summed E-state index contributed by atoms with van der Waals surface area (Å²) < 4.78 is 1.55. The minimum atomic E-state index is -0.203. The van der Waals surface area contributed by atoms with Crippen LogP contribution in [0.4, 0.5) is 0 Å². The number of fused-ring (bicyclic) bond motifs is 1. The van der Waals surface area contributed by atoms with E-state index in [-0.39, 0.29) is 11.5 Å². The van der Waals surface area contributed by atoms with Gasteiger partial charge in [0.15, 0.2) is 0 Å². The Bertz CT molecular complexity index is 866. The van der Waals surface area contributed by atoms with Crippen molar-refractivity contribution in [3.8, 4) is 0 Å². The van der Waals surface area contributed by atoms with Crippen LogP contribution >= 0.6 is 11.3 Å². The van der Waals surface area contributed by atoms with E-state index in [1.54, 1.807) is 23.0 Å². The summed E-state index contributed by atoms with van der Waals surface area (Å²) in [6.07, 6.45) is 0.798. The number of amides is 1. The number of pyridine rings is 1. The second-order valence-electron chi connectivity index (χ2n) is 5.06. The van der Waals surface area contributed by atoms with Gasteiger partial charge >= 0.3 is 0 Å². The molecular formula is C17H16N2O2S. The Morgan fingerprint density at radius 1 is 1.23 bits per heavy atom. The molecule has 0 fully saturated rings. The first-order chi connectivity index (χ1) is 10.7. The highest BCUT2D eigenvalue weighted by Crippen LogP contribution is 2.16. The van der Waals surface area contributed by atoms with Gasteiger partial charge in [0.2, 0.25) is 0 Å². The van der Waals surface area contributed by atoms with Gasteiger partial charge in [-0.05, 0) is 23.9 Å². The number of nitrogens with zero attached hydrogens (tertiary/aromatic N) is 1. The average Bonchev–Trinajstić information content (AvgIpc) is 3.04. The van der Waals surface area contributed by atoms with Gasteiger partial charge in [0.1, 0.15) is 0 Å². The molecule has 0 saturated carbocycles. The summed E-state index contributed by atoms with van der Waals surface area (Å²) in [4.78, 5) is 25.6. The number of carbonyl (C=O) groups excluding carboxylic acids is 1. The molecule has 0 bridgehead atoms. The highest BCUT2D eigenvalue weighted by Gasteiger charge is 2.12. The minimum absolute atomic E-state index is 0.179. The summed E-state index contributed by atoms with van der Waals surface area (Å²) in [5, 5.41) is 5.71. The predicted molar refractivity (Wildman–Crippen MR) is 89.5 cm³/mol. The van der Waals surface area contributed by atoms with Crippen LogP contribution in [0.15, 0.2) is 52.6 Å². The molecule has 0 aliphatic carbocycles. The smallest absolute Gasteiger partial charge is 0.252 e. The second-order valence-corrected chi connectivity index (χ2v) is 6.09. The van der Waals surface area contributed by atoms with Crippen molar-refractivity contribution in [2.45, 2.75) is 6.42 Å². The van der Waals surface area contributed by atoms with Crippen molar-refractivity contribution in [1.29, 1.82) is 0 Å². The van der Waals surface area contributed by atoms with Crippen LogP contribution in [-0.2, 0) is 13.5 Å². The van der Waals surface area contributed by atoms with Gasteiger partial charge in [-0.2, -0.15) is 0 Å². The number of aryl methyl sites for hydroxylation is 1. The maximum Gasteiger partial charge on any atom is 0.252 e. The summed E-state index contributed by atoms with van der Waals surface area (Å²) in [7, 11) is 1.71. The SMILES string of the molecule is Cn1c(=O)cc(C(=O)NCCc2cccs2)c2ccccc21. The van der Waals surface area contributed by atoms with Gasteiger partial charge in [0, 0.05) is 29.9 Å². The molecule has 22 heavy (non-hydrogen) atoms. The van der Waals surface area contributed by atoms with Gasteiger partial charge in [-0.1, -0.05) is 24.3 Å². The van der Waals surface area contributed by atoms with Gasteiger partial charge in [-0.3, -0.25) is 9.59 Å². The number of hydrogen-bond donors (Lipinski definition) is 1. The molecule has 0 spiro atoms. The van der Waals surface area contributed by atoms with Gasteiger partial charge in [-0.25, -0.2) is 0 Å². The number of rotatable bonds is 4. The Morgan fingerprint density at radius 2 is 2.05 bits per heavy atom. The molecule has 3 rings (SSSR count). The van der Waals surface area contributed by atoms with Crippen LogP contribution in [0.25, 0.3) is 10.9 Å². The number of carbonyl (C=O) groups is 1. The number of thiophene rings is 1. The first-order valence-corrected chi connectivity index (χ1v) is 7.94. The molecule has 0 unspecified atom stereocenters. The van der Waals surface area contributed by atoms with E-state index >= 15 is 0 Å². The molecule has 5 heteroatoms. The molecule has 2 aromatic heterocycles. The third-order valence-electron chi connectivity index (χ3n) is 3.64. The van der Waals surface area contributed by atoms with Crippen molar-refractivity contribution in [3.05, 3.63) is 68.6 Å². The topological polar surface area (TPSA) is 51.1 Å². The van der Waals surface area contributed by atoms with E-state index in [9.17, 15) is 9.59 Å². The third-order valence-corrected chi connectivity index (χ3v) is 4.57. The predicted octanol–water partition coefficient (Wildman–Crippen LogP) is 2.57. The Kier molecular flexibility index (Phi) is 4.06. The van der Waals surface area contributed by atoms with Crippen LogP contribution < -0.4 is 10.9 Å². The fourth-order valence-electron chi connectivity index (χ4n) is 2.45. The molecule has 112 valence electrons. The standard InChI is InChI=1S/C17H16N2O2S/c1-19-15-7-3-2-6-13(15)14(11-16(19)20)17(21)18-9-8-12-5-4-10-22-12/h2-7,10-11H,8-9H2,1H3,(H,18,21). The number of para-hydroxylation sites is 1. The normalized spacial score (nSPS) is 10.8. The van der Waals surface area contributed by atoms with E-state index in [2.05, 4.69) is 5.32 Å². The fourth-order valence-corrected chi connectivity index (χ4v) is 3.16. The van der Waals surface area contributed by atoms with Crippen LogP contribution in [0.1, 0.15) is 15.2 Å². The number of aromatic nitrogens is 1. The van der Waals surface area contributed by atoms with Gasteiger partial charge in [0.25, 0.3) is 11.5 Å². The Morgan fingerprint density at radius 3 is 2.82 bits per heavy atom. The van der Waals surface area contributed by atoms with Crippen LogP contribution in [0.2, 0.25) is 0 Å². The molecule has 1 aromatic carbocycles. The number of benzene rings is 1. The van der Waals surface area contributed by atoms with E-state index < -0.39 is 0 Å². The Hall–Kier alpha value is -2.40. The van der Waals surface area contributed by atoms with Gasteiger partial charge < -0.3 is 9.88 Å². The Balaban J connectivity index is 1.84. The van der Waals surface area contributed by atoms with Crippen molar-refractivity contribution in [1.82, 2.24) is 9.88 Å². The summed E-state index contributed by atoms with van der Waals surface area (Å²) in [6.45, 7) is 0.558. The first kappa shape index (κ1) is 14.5. The molecule has 0 aliphatic heterocycles. The van der Waals surface area contributed by atoms with Crippen molar-refractivity contribution < 1.29 is 4.79 Å². The first-order valence-electron chi connectivity index (χ1n) is 7.06. The van der Waals surface area contributed by atoms with Crippen LogP contribution in [0.3, 0.4) is 0 Å². The van der Waals surface area contributed by atoms with Crippen LogP contribution in [0, 0.1) is 0 Å². The zero-order valence-electron chi connectivity index (χ0n) is 12.2. The average molecular weight is 312 g/mol. The zero-order chi connectivity index (χ0) is 15.5. The molecule has 0 atom stereocenters. The largest absolute Gasteiger partial charge is 0.352 e. The highest BCUT2D eigenvalue weighted by molar-refractivity contribution is 7.09. The molecule has 0 aliphatic rings. The quantitative estimate of drug-likeness (QED) is 0.805. The lowest BCUT2D eigenvalue weighted by molar-refractivity contribution is 0.0955. The number of hydrogen-bond acceptors (Lipinski definition) is 3. The van der Waals surface area contributed by atoms with Crippen molar-refractivity contribution >= 4 is 28.1 Å². The molecule has 3 aromatic rings. The van der Waals surface area contributed by atoms with E-state index in [0.717, 1.165) is 17.3 Å². The summed E-state index contributed by atoms with van der Waals surface area (Å²) in [6, 6.07) is 12.9. The van der Waals surface area contributed by atoms with Crippen molar-refractivity contribution in [2.24, 2.45) is 7.05 Å². The van der Waals surface area contributed by atoms with E-state index in [1.807, 2.05) is 41.8 Å². The van der Waals surface area contributed by atoms with Gasteiger partial charge in [-0.15, -0.1) is 11.3 Å². The Labute approximate surface area is 132 Å². The molecule has 2 heterocycles. The monoisotopic (exact) mass is 312 g/mol. The lowest BCUT2D eigenvalue weighted by atomic mass is 10.1. The van der Waals surface area contributed by atoms with Crippen LogP contribution in [0.5, 0.6) is 0 Å². The maximum absolute atomic E-state index is 12.4.